The molecule has 0 saturated heterocycles. The van der Waals surface area contributed by atoms with E-state index in [0.717, 1.165) is 37.2 Å². The molecule has 0 unspecified atom stereocenters. The van der Waals surface area contributed by atoms with E-state index in [-0.39, 0.29) is 0 Å². The smallest absolute Gasteiger partial charge is 0.145 e. The third-order valence-corrected chi connectivity index (χ3v) is 4.15. The van der Waals surface area contributed by atoms with Gasteiger partial charge in [-0.3, -0.25) is 0 Å². The van der Waals surface area contributed by atoms with Gasteiger partial charge >= 0.3 is 0 Å². The first kappa shape index (κ1) is 13.4. The van der Waals surface area contributed by atoms with Crippen LogP contribution in [-0.2, 0) is 19.4 Å². The molecular formula is C17H22N2O. The Morgan fingerprint density at radius 3 is 2.90 bits per heavy atom. The highest BCUT2D eigenvalue weighted by atomic mass is 16.5. The minimum atomic E-state index is 0.883. The summed E-state index contributed by atoms with van der Waals surface area (Å²) >= 11 is 0. The molecule has 20 heavy (non-hydrogen) atoms. The topological polar surface area (TPSA) is 34.2 Å². The molecule has 106 valence electrons. The zero-order valence-electron chi connectivity index (χ0n) is 12.3. The van der Waals surface area contributed by atoms with Gasteiger partial charge < -0.3 is 10.1 Å². The van der Waals surface area contributed by atoms with Crippen LogP contribution in [0.2, 0.25) is 0 Å². The number of hydrogen-bond donors (Lipinski definition) is 1. The number of para-hydroxylation sites is 1. The van der Waals surface area contributed by atoms with Gasteiger partial charge in [0.25, 0.3) is 0 Å². The highest BCUT2D eigenvalue weighted by Gasteiger charge is 2.19. The molecule has 0 fully saturated rings. The van der Waals surface area contributed by atoms with Crippen LogP contribution in [0.3, 0.4) is 0 Å². The van der Waals surface area contributed by atoms with Gasteiger partial charge in [-0.15, -0.1) is 0 Å². The van der Waals surface area contributed by atoms with Gasteiger partial charge in [-0.25, -0.2) is 4.98 Å². The van der Waals surface area contributed by atoms with Crippen molar-refractivity contribution < 1.29 is 4.74 Å². The van der Waals surface area contributed by atoms with Gasteiger partial charge in [0.1, 0.15) is 11.3 Å². The van der Waals surface area contributed by atoms with Crippen LogP contribution in [0.5, 0.6) is 5.75 Å². The van der Waals surface area contributed by atoms with E-state index in [0.29, 0.717) is 0 Å². The van der Waals surface area contributed by atoms with Gasteiger partial charge in [-0.05, 0) is 49.4 Å². The molecule has 1 aromatic heterocycles. The molecule has 3 rings (SSSR count). The van der Waals surface area contributed by atoms with Gasteiger partial charge in [0.15, 0.2) is 0 Å². The van der Waals surface area contributed by atoms with Crippen molar-refractivity contribution in [3.8, 4) is 5.75 Å². The Bertz CT molecular complexity index is 622. The number of rotatable bonds is 4. The van der Waals surface area contributed by atoms with Gasteiger partial charge in [0, 0.05) is 17.6 Å². The average molecular weight is 270 g/mol. The molecule has 0 bridgehead atoms. The molecule has 0 amide bonds. The summed E-state index contributed by atoms with van der Waals surface area (Å²) in [5.41, 5.74) is 5.19. The number of aromatic nitrogens is 1. The van der Waals surface area contributed by atoms with Crippen molar-refractivity contribution in [1.29, 1.82) is 0 Å². The first-order valence-corrected chi connectivity index (χ1v) is 7.53. The maximum atomic E-state index is 5.50. The Kier molecular flexibility index (Phi) is 3.88. The third kappa shape index (κ3) is 2.27. The number of fused-ring (bicyclic) bond motifs is 2. The summed E-state index contributed by atoms with van der Waals surface area (Å²) in [6.45, 7) is 4.06. The number of ether oxygens (including phenoxy) is 1. The number of methoxy groups -OCH3 is 1. The van der Waals surface area contributed by atoms with Crippen LogP contribution in [0.4, 0.5) is 0 Å². The van der Waals surface area contributed by atoms with E-state index in [2.05, 4.69) is 24.4 Å². The highest BCUT2D eigenvalue weighted by molar-refractivity contribution is 5.88. The van der Waals surface area contributed by atoms with E-state index in [9.17, 15) is 0 Å². The van der Waals surface area contributed by atoms with Gasteiger partial charge in [0.05, 0.1) is 7.11 Å². The van der Waals surface area contributed by atoms with Crippen LogP contribution >= 0.6 is 0 Å². The van der Waals surface area contributed by atoms with Crippen LogP contribution in [0.25, 0.3) is 10.9 Å². The number of nitrogens with zero attached hydrogens (tertiary/aromatic N) is 1. The number of benzene rings is 1. The molecule has 0 aliphatic heterocycles. The lowest BCUT2D eigenvalue weighted by molar-refractivity contribution is 0.418. The second kappa shape index (κ2) is 5.80. The first-order chi connectivity index (χ1) is 9.85. The Labute approximate surface area is 120 Å². The number of aryl methyl sites for hydroxylation is 1. The molecule has 0 atom stereocenters. The van der Waals surface area contributed by atoms with Crippen LogP contribution in [0.1, 0.15) is 36.6 Å². The van der Waals surface area contributed by atoms with E-state index in [1.165, 1.54) is 35.0 Å². The number of nitrogens with one attached hydrogen (secondary N) is 1. The SMILES string of the molecule is CCNCc1c2c(nc3c(OC)cccc13)CCCC2. The molecule has 3 heteroatoms. The summed E-state index contributed by atoms with van der Waals surface area (Å²) in [5, 5.41) is 4.72. The van der Waals surface area contributed by atoms with Crippen LogP contribution in [0, 0.1) is 0 Å². The Balaban J connectivity index is 2.24. The second-order valence-electron chi connectivity index (χ2n) is 5.36. The molecule has 0 saturated carbocycles. The van der Waals surface area contributed by atoms with Crippen molar-refractivity contribution in [2.75, 3.05) is 13.7 Å². The van der Waals surface area contributed by atoms with Gasteiger partial charge in [-0.1, -0.05) is 19.1 Å². The predicted octanol–water partition coefficient (Wildman–Crippen LogP) is 3.23. The lowest BCUT2D eigenvalue weighted by Crippen LogP contribution is -2.17. The Morgan fingerprint density at radius 2 is 2.10 bits per heavy atom. The van der Waals surface area contributed by atoms with Crippen molar-refractivity contribution in [2.45, 2.75) is 39.2 Å². The summed E-state index contributed by atoms with van der Waals surface area (Å²) in [4.78, 5) is 4.90. The molecule has 0 radical (unpaired) electrons. The van der Waals surface area contributed by atoms with Crippen LogP contribution < -0.4 is 10.1 Å². The summed E-state index contributed by atoms with van der Waals surface area (Å²) < 4.78 is 5.50. The van der Waals surface area contributed by atoms with E-state index >= 15 is 0 Å². The molecule has 3 nitrogen and oxygen atoms in total. The summed E-state index contributed by atoms with van der Waals surface area (Å²) in [6.07, 6.45) is 4.79. The lowest BCUT2D eigenvalue weighted by atomic mass is 9.89. The molecule has 1 N–H and O–H groups in total. The van der Waals surface area contributed by atoms with E-state index in [4.69, 9.17) is 9.72 Å². The van der Waals surface area contributed by atoms with Crippen molar-refractivity contribution in [2.24, 2.45) is 0 Å². The molecule has 2 aromatic rings. The summed E-state index contributed by atoms with van der Waals surface area (Å²) in [5.74, 6) is 0.883. The summed E-state index contributed by atoms with van der Waals surface area (Å²) in [6, 6.07) is 6.24. The second-order valence-corrected chi connectivity index (χ2v) is 5.36. The molecule has 1 aromatic carbocycles. The lowest BCUT2D eigenvalue weighted by Gasteiger charge is -2.21. The average Bonchev–Trinajstić information content (AvgIpc) is 2.51. The maximum Gasteiger partial charge on any atom is 0.145 e. The molecular weight excluding hydrogens is 248 g/mol. The van der Waals surface area contributed by atoms with E-state index < -0.39 is 0 Å². The molecule has 1 aliphatic rings. The standard InChI is InChI=1S/C17H22N2O/c1-3-18-11-14-12-7-4-5-9-15(12)19-17-13(14)8-6-10-16(17)20-2/h6,8,10,18H,3-5,7,9,11H2,1-2H3. The molecule has 1 aliphatic carbocycles. The normalized spacial score (nSPS) is 14.3. The minimum Gasteiger partial charge on any atom is -0.494 e. The zero-order valence-corrected chi connectivity index (χ0v) is 12.3. The van der Waals surface area contributed by atoms with Crippen molar-refractivity contribution in [3.05, 3.63) is 35.0 Å². The van der Waals surface area contributed by atoms with Gasteiger partial charge in [0.2, 0.25) is 0 Å². The number of hydrogen-bond acceptors (Lipinski definition) is 3. The quantitative estimate of drug-likeness (QED) is 0.926. The third-order valence-electron chi connectivity index (χ3n) is 4.15. The van der Waals surface area contributed by atoms with E-state index in [1.807, 2.05) is 6.07 Å². The number of pyridine rings is 1. The van der Waals surface area contributed by atoms with Crippen molar-refractivity contribution in [1.82, 2.24) is 10.3 Å². The van der Waals surface area contributed by atoms with Crippen molar-refractivity contribution >= 4 is 10.9 Å². The van der Waals surface area contributed by atoms with Crippen LogP contribution in [0.15, 0.2) is 18.2 Å². The molecule has 1 heterocycles. The minimum absolute atomic E-state index is 0.883. The largest absolute Gasteiger partial charge is 0.494 e. The Hall–Kier alpha value is -1.61. The fourth-order valence-corrected chi connectivity index (χ4v) is 3.13. The zero-order chi connectivity index (χ0) is 13.9. The van der Waals surface area contributed by atoms with Gasteiger partial charge in [-0.2, -0.15) is 0 Å². The highest BCUT2D eigenvalue weighted by Crippen LogP contribution is 2.33. The van der Waals surface area contributed by atoms with E-state index in [1.54, 1.807) is 7.11 Å². The Morgan fingerprint density at radius 1 is 1.25 bits per heavy atom. The van der Waals surface area contributed by atoms with Crippen molar-refractivity contribution in [3.63, 3.8) is 0 Å². The monoisotopic (exact) mass is 270 g/mol. The maximum absolute atomic E-state index is 5.50. The predicted molar refractivity (Wildman–Crippen MR) is 82.3 cm³/mol. The van der Waals surface area contributed by atoms with Crippen LogP contribution in [-0.4, -0.2) is 18.6 Å². The fraction of sp³-hybridized carbons (Fsp3) is 0.471. The first-order valence-electron chi connectivity index (χ1n) is 7.53. The summed E-state index contributed by atoms with van der Waals surface area (Å²) in [7, 11) is 1.72. The fourth-order valence-electron chi connectivity index (χ4n) is 3.13. The molecule has 0 spiro atoms.